The summed E-state index contributed by atoms with van der Waals surface area (Å²) in [6, 6.07) is 6.00. The summed E-state index contributed by atoms with van der Waals surface area (Å²) in [5.41, 5.74) is 1.31. The van der Waals surface area contributed by atoms with Gasteiger partial charge in [0.15, 0.2) is 5.78 Å². The Bertz CT molecular complexity index is 1010. The molecule has 2 aromatic heterocycles. The number of hydrogen-bond acceptors (Lipinski definition) is 6. The summed E-state index contributed by atoms with van der Waals surface area (Å²) in [6.45, 7) is 1.68. The van der Waals surface area contributed by atoms with Crippen LogP contribution in [0.2, 0.25) is 0 Å². The summed E-state index contributed by atoms with van der Waals surface area (Å²) in [4.78, 5) is 19.6. The number of carbonyl (C=O) groups excluding carboxylic acids is 1. The molecular weight excluding hydrogens is 342 g/mol. The number of sulfonamides is 1. The Morgan fingerprint density at radius 2 is 2.12 bits per heavy atom. The standard InChI is InChI=1S/C16H17N5O3S/c1-12(22)14-5-2-6-15(8-14)25(23,24)20-7-3-4-13-9-17-16-18-11-19-21(16)10-13/h2,5-6,8-11,20H,3-4,7H2,1H3. The van der Waals surface area contributed by atoms with Gasteiger partial charge in [0.25, 0.3) is 5.78 Å². The number of Topliss-reactive ketones (excluding diaryl/α,β-unsaturated/α-hetero) is 1. The molecular formula is C16H17N5O3S. The average Bonchev–Trinajstić information content (AvgIpc) is 3.06. The molecule has 3 aromatic rings. The van der Waals surface area contributed by atoms with Crippen molar-refractivity contribution in [3.8, 4) is 0 Å². The highest BCUT2D eigenvalue weighted by Crippen LogP contribution is 2.12. The number of benzene rings is 1. The Morgan fingerprint density at radius 3 is 2.92 bits per heavy atom. The van der Waals surface area contributed by atoms with Crippen LogP contribution in [0.15, 0.2) is 47.9 Å². The monoisotopic (exact) mass is 359 g/mol. The molecule has 130 valence electrons. The van der Waals surface area contributed by atoms with Gasteiger partial charge in [-0.25, -0.2) is 22.6 Å². The molecule has 8 nitrogen and oxygen atoms in total. The summed E-state index contributed by atoms with van der Waals surface area (Å²) in [6.07, 6.45) is 6.21. The SMILES string of the molecule is CC(=O)c1cccc(S(=O)(=O)NCCCc2cnc3ncnn3c2)c1. The molecule has 1 N–H and O–H groups in total. The predicted octanol–water partition coefficient (Wildman–Crippen LogP) is 1.24. The topological polar surface area (TPSA) is 106 Å². The number of ketones is 1. The lowest BCUT2D eigenvalue weighted by atomic mass is 10.2. The molecule has 3 rings (SSSR count). The minimum atomic E-state index is -3.64. The molecule has 0 saturated heterocycles. The zero-order valence-corrected chi connectivity index (χ0v) is 14.4. The normalized spacial score (nSPS) is 11.7. The van der Waals surface area contributed by atoms with E-state index >= 15 is 0 Å². The molecule has 0 atom stereocenters. The molecule has 1 aromatic carbocycles. The Balaban J connectivity index is 1.58. The fourth-order valence-corrected chi connectivity index (χ4v) is 3.47. The quantitative estimate of drug-likeness (QED) is 0.502. The first-order valence-electron chi connectivity index (χ1n) is 7.71. The van der Waals surface area contributed by atoms with Gasteiger partial charge < -0.3 is 0 Å². The number of carbonyl (C=O) groups is 1. The van der Waals surface area contributed by atoms with Crippen LogP contribution in [0.5, 0.6) is 0 Å². The van der Waals surface area contributed by atoms with Crippen molar-refractivity contribution in [3.63, 3.8) is 0 Å². The number of hydrogen-bond donors (Lipinski definition) is 1. The van der Waals surface area contributed by atoms with Crippen molar-refractivity contribution in [2.45, 2.75) is 24.7 Å². The van der Waals surface area contributed by atoms with E-state index in [1.54, 1.807) is 22.8 Å². The van der Waals surface area contributed by atoms with E-state index in [-0.39, 0.29) is 17.2 Å². The first-order valence-corrected chi connectivity index (χ1v) is 9.19. The Kier molecular flexibility index (Phi) is 4.86. The van der Waals surface area contributed by atoms with E-state index in [0.717, 1.165) is 5.56 Å². The Hall–Kier alpha value is -2.65. The van der Waals surface area contributed by atoms with E-state index < -0.39 is 10.0 Å². The molecule has 0 saturated carbocycles. The summed E-state index contributed by atoms with van der Waals surface area (Å²) in [7, 11) is -3.64. The molecule has 0 radical (unpaired) electrons. The third kappa shape index (κ3) is 4.06. The molecule has 25 heavy (non-hydrogen) atoms. The van der Waals surface area contributed by atoms with Crippen LogP contribution in [0, 0.1) is 0 Å². The molecule has 0 amide bonds. The van der Waals surface area contributed by atoms with Crippen molar-refractivity contribution < 1.29 is 13.2 Å². The van der Waals surface area contributed by atoms with Gasteiger partial charge in [0.05, 0.1) is 4.90 Å². The molecule has 0 aliphatic carbocycles. The second-order valence-corrected chi connectivity index (χ2v) is 7.32. The Morgan fingerprint density at radius 1 is 1.28 bits per heavy atom. The third-order valence-corrected chi connectivity index (χ3v) is 5.13. The van der Waals surface area contributed by atoms with Crippen LogP contribution in [0.3, 0.4) is 0 Å². The van der Waals surface area contributed by atoms with Crippen molar-refractivity contribution >= 4 is 21.6 Å². The van der Waals surface area contributed by atoms with Gasteiger partial charge in [0, 0.05) is 24.5 Å². The second-order valence-electron chi connectivity index (χ2n) is 5.55. The molecule has 0 fully saturated rings. The number of aryl methyl sites for hydroxylation is 1. The van der Waals surface area contributed by atoms with Crippen molar-refractivity contribution in [2.24, 2.45) is 0 Å². The maximum Gasteiger partial charge on any atom is 0.252 e. The fraction of sp³-hybridized carbons (Fsp3) is 0.250. The van der Waals surface area contributed by atoms with E-state index in [0.29, 0.717) is 24.2 Å². The lowest BCUT2D eigenvalue weighted by Crippen LogP contribution is -2.25. The van der Waals surface area contributed by atoms with Crippen molar-refractivity contribution in [1.29, 1.82) is 0 Å². The van der Waals surface area contributed by atoms with Crippen LogP contribution in [0.25, 0.3) is 5.78 Å². The molecule has 2 heterocycles. The minimum absolute atomic E-state index is 0.0888. The number of fused-ring (bicyclic) bond motifs is 1. The third-order valence-electron chi connectivity index (χ3n) is 3.67. The van der Waals surface area contributed by atoms with Gasteiger partial charge in [0.2, 0.25) is 10.0 Å². The average molecular weight is 359 g/mol. The van der Waals surface area contributed by atoms with Crippen LogP contribution in [-0.4, -0.2) is 40.3 Å². The van der Waals surface area contributed by atoms with Crippen molar-refractivity contribution in [1.82, 2.24) is 24.3 Å². The van der Waals surface area contributed by atoms with Gasteiger partial charge in [-0.3, -0.25) is 4.79 Å². The first kappa shape index (κ1) is 17.2. The predicted molar refractivity (Wildman–Crippen MR) is 90.7 cm³/mol. The lowest BCUT2D eigenvalue weighted by Gasteiger charge is -2.08. The van der Waals surface area contributed by atoms with Crippen LogP contribution in [0.1, 0.15) is 29.3 Å². The molecule has 0 aliphatic heterocycles. The molecule has 0 aliphatic rings. The van der Waals surface area contributed by atoms with Crippen LogP contribution < -0.4 is 4.72 Å². The molecule has 0 spiro atoms. The largest absolute Gasteiger partial charge is 0.295 e. The van der Waals surface area contributed by atoms with Gasteiger partial charge in [-0.1, -0.05) is 12.1 Å². The van der Waals surface area contributed by atoms with Gasteiger partial charge in [-0.2, -0.15) is 10.1 Å². The maximum absolute atomic E-state index is 12.3. The number of rotatable bonds is 7. The Labute approximate surface area is 145 Å². The highest BCUT2D eigenvalue weighted by atomic mass is 32.2. The van der Waals surface area contributed by atoms with E-state index in [9.17, 15) is 13.2 Å². The van der Waals surface area contributed by atoms with Crippen molar-refractivity contribution in [2.75, 3.05) is 6.54 Å². The number of aromatic nitrogens is 4. The van der Waals surface area contributed by atoms with Crippen LogP contribution >= 0.6 is 0 Å². The summed E-state index contributed by atoms with van der Waals surface area (Å²) >= 11 is 0. The fourth-order valence-electron chi connectivity index (χ4n) is 2.35. The molecule has 9 heteroatoms. The van der Waals surface area contributed by atoms with Crippen molar-refractivity contribution in [3.05, 3.63) is 54.1 Å². The lowest BCUT2D eigenvalue weighted by molar-refractivity contribution is 0.101. The van der Waals surface area contributed by atoms with E-state index in [4.69, 9.17) is 0 Å². The van der Waals surface area contributed by atoms with Gasteiger partial charge >= 0.3 is 0 Å². The molecule has 0 bridgehead atoms. The maximum atomic E-state index is 12.3. The zero-order chi connectivity index (χ0) is 17.9. The van der Waals surface area contributed by atoms with Crippen LogP contribution in [0.4, 0.5) is 0 Å². The van der Waals surface area contributed by atoms with Gasteiger partial charge in [-0.05, 0) is 37.5 Å². The first-order chi connectivity index (χ1) is 12.0. The van der Waals surface area contributed by atoms with E-state index in [1.165, 1.54) is 25.4 Å². The van der Waals surface area contributed by atoms with E-state index in [2.05, 4.69) is 19.8 Å². The highest BCUT2D eigenvalue weighted by Gasteiger charge is 2.14. The summed E-state index contributed by atoms with van der Waals surface area (Å²) < 4.78 is 28.7. The molecule has 0 unspecified atom stereocenters. The second kappa shape index (κ2) is 7.08. The number of nitrogens with zero attached hydrogens (tertiary/aromatic N) is 4. The minimum Gasteiger partial charge on any atom is -0.295 e. The summed E-state index contributed by atoms with van der Waals surface area (Å²) in [5.74, 6) is 0.350. The van der Waals surface area contributed by atoms with Gasteiger partial charge in [-0.15, -0.1) is 0 Å². The van der Waals surface area contributed by atoms with E-state index in [1.807, 2.05) is 6.20 Å². The zero-order valence-electron chi connectivity index (χ0n) is 13.6. The van der Waals surface area contributed by atoms with Crippen LogP contribution in [-0.2, 0) is 16.4 Å². The number of nitrogens with one attached hydrogen (secondary N) is 1. The summed E-state index contributed by atoms with van der Waals surface area (Å²) in [5, 5.41) is 4.01. The smallest absolute Gasteiger partial charge is 0.252 e. The van der Waals surface area contributed by atoms with Gasteiger partial charge in [0.1, 0.15) is 6.33 Å². The highest BCUT2D eigenvalue weighted by molar-refractivity contribution is 7.89.